The molecule has 4 atom stereocenters. The second-order valence-corrected chi connectivity index (χ2v) is 11.1. The molecule has 0 radical (unpaired) electrons. The normalized spacial score (nSPS) is 19.1. The van der Waals surface area contributed by atoms with E-state index in [4.69, 9.17) is 4.74 Å². The number of ether oxygens (including phenoxy) is 1. The van der Waals surface area contributed by atoms with E-state index in [0.717, 1.165) is 16.8 Å². The van der Waals surface area contributed by atoms with Gasteiger partial charge in [0.25, 0.3) is 11.8 Å². The van der Waals surface area contributed by atoms with E-state index in [9.17, 15) is 19.8 Å². The summed E-state index contributed by atoms with van der Waals surface area (Å²) in [6.07, 6.45) is -1.88. The van der Waals surface area contributed by atoms with Gasteiger partial charge in [-0.25, -0.2) is 15.0 Å². The largest absolute Gasteiger partial charge is 0.387 e. The molecule has 0 spiro atoms. The number of hydrogen-bond acceptors (Lipinski definition) is 10. The van der Waals surface area contributed by atoms with E-state index >= 15 is 0 Å². The molecule has 6 rings (SSSR count). The number of imidazole rings is 1. The predicted molar refractivity (Wildman–Crippen MR) is 173 cm³/mol. The third-order valence-electron chi connectivity index (χ3n) is 8.02. The Morgan fingerprint density at radius 2 is 1.60 bits per heavy atom. The van der Waals surface area contributed by atoms with Crippen LogP contribution in [0.2, 0.25) is 0 Å². The molecule has 0 aliphatic carbocycles. The van der Waals surface area contributed by atoms with Crippen molar-refractivity contribution in [1.82, 2.24) is 35.1 Å². The van der Waals surface area contributed by atoms with Crippen molar-refractivity contribution in [3.05, 3.63) is 114 Å². The Morgan fingerprint density at radius 1 is 0.894 bits per heavy atom. The van der Waals surface area contributed by atoms with Gasteiger partial charge in [0.1, 0.15) is 12.2 Å². The van der Waals surface area contributed by atoms with Gasteiger partial charge >= 0.3 is 0 Å². The second kappa shape index (κ2) is 14.5. The van der Waals surface area contributed by atoms with Gasteiger partial charge < -0.3 is 30.9 Å². The molecule has 13 nitrogen and oxygen atoms in total. The molecule has 47 heavy (non-hydrogen) atoms. The summed E-state index contributed by atoms with van der Waals surface area (Å²) in [5.41, 5.74) is 3.50. The number of aliphatic hydroxyl groups excluding tert-OH is 2. The van der Waals surface area contributed by atoms with Gasteiger partial charge in [-0.05, 0) is 30.2 Å². The first-order valence-electron chi connectivity index (χ1n) is 15.5. The molecule has 3 aromatic heterocycles. The average Bonchev–Trinajstić information content (AvgIpc) is 3.66. The van der Waals surface area contributed by atoms with Crippen molar-refractivity contribution < 1.29 is 24.5 Å². The summed E-state index contributed by atoms with van der Waals surface area (Å²) in [6.45, 7) is 2.78. The first kappa shape index (κ1) is 31.7. The van der Waals surface area contributed by atoms with Crippen molar-refractivity contribution in [3.63, 3.8) is 0 Å². The Kier molecular flexibility index (Phi) is 9.76. The van der Waals surface area contributed by atoms with Crippen molar-refractivity contribution in [2.75, 3.05) is 25.0 Å². The highest BCUT2D eigenvalue weighted by Gasteiger charge is 2.47. The summed E-state index contributed by atoms with van der Waals surface area (Å²) in [7, 11) is 0. The number of rotatable bonds is 12. The number of carbonyl (C=O) groups is 2. The topological polar surface area (TPSA) is 176 Å². The fourth-order valence-electron chi connectivity index (χ4n) is 5.64. The number of hydrogen-bond donors (Lipinski definition) is 5. The summed E-state index contributed by atoms with van der Waals surface area (Å²) in [6, 6.07) is 25.7. The smallest absolute Gasteiger partial charge is 0.289 e. The van der Waals surface area contributed by atoms with Gasteiger partial charge in [-0.15, -0.1) is 0 Å². The minimum absolute atomic E-state index is 0.0619. The minimum Gasteiger partial charge on any atom is -0.387 e. The molecular weight excluding hydrogens is 600 g/mol. The number of aliphatic hydroxyl groups is 2. The van der Waals surface area contributed by atoms with Crippen LogP contribution in [0.15, 0.2) is 91.4 Å². The number of nitrogens with zero attached hydrogens (tertiary/aromatic N) is 5. The summed E-state index contributed by atoms with van der Waals surface area (Å²) in [4.78, 5) is 43.9. The molecule has 5 aromatic rings. The molecular formula is C34H36N8O5. The number of fused-ring (bicyclic) bond motifs is 1. The molecule has 1 fully saturated rings. The van der Waals surface area contributed by atoms with Gasteiger partial charge in [0.2, 0.25) is 5.82 Å². The van der Waals surface area contributed by atoms with Crippen LogP contribution in [0.25, 0.3) is 11.2 Å². The lowest BCUT2D eigenvalue weighted by atomic mass is 9.91. The molecule has 0 saturated carbocycles. The standard InChI is InChI=1S/C34H36N8O5/c1-2-35-32(45)28-26(43)27(44)34(47-28)42-20-39-25-29(38-19-24(21-11-5-3-6-12-21)22-13-7-4-8-14-22)40-30(41-31(25)42)33(46)37-18-16-23-15-9-10-17-36-23/h3-15,17,20,24,26-28,34,43-44H,2,16,18-19H2,1H3,(H,35,45)(H,37,46)(H,38,40,41)/t26-,27-,28-,34+/m0/s1. The van der Waals surface area contributed by atoms with Crippen LogP contribution in [-0.2, 0) is 16.0 Å². The van der Waals surface area contributed by atoms with E-state index in [1.807, 2.05) is 54.6 Å². The number of nitrogens with one attached hydrogen (secondary N) is 3. The number of anilines is 1. The first-order valence-corrected chi connectivity index (χ1v) is 15.5. The molecule has 242 valence electrons. The first-order chi connectivity index (χ1) is 22.9. The van der Waals surface area contributed by atoms with Gasteiger partial charge in [-0.1, -0.05) is 66.7 Å². The molecule has 1 aliphatic heterocycles. The lowest BCUT2D eigenvalue weighted by Gasteiger charge is -2.20. The molecule has 5 N–H and O–H groups in total. The zero-order valence-electron chi connectivity index (χ0n) is 25.7. The van der Waals surface area contributed by atoms with Gasteiger partial charge in [0, 0.05) is 43.9 Å². The van der Waals surface area contributed by atoms with E-state index in [0.29, 0.717) is 37.4 Å². The molecule has 0 unspecified atom stereocenters. The highest BCUT2D eigenvalue weighted by molar-refractivity contribution is 5.94. The maximum atomic E-state index is 13.4. The van der Waals surface area contributed by atoms with Crippen LogP contribution in [0.5, 0.6) is 0 Å². The molecule has 13 heteroatoms. The second-order valence-electron chi connectivity index (χ2n) is 11.1. The Labute approximate surface area is 271 Å². The molecule has 4 heterocycles. The van der Waals surface area contributed by atoms with Crippen LogP contribution in [0.3, 0.4) is 0 Å². The van der Waals surface area contributed by atoms with Crippen LogP contribution >= 0.6 is 0 Å². The monoisotopic (exact) mass is 636 g/mol. The van der Waals surface area contributed by atoms with Crippen LogP contribution < -0.4 is 16.0 Å². The van der Waals surface area contributed by atoms with E-state index in [1.165, 1.54) is 10.9 Å². The van der Waals surface area contributed by atoms with Crippen LogP contribution in [0.1, 0.15) is 46.5 Å². The zero-order chi connectivity index (χ0) is 32.8. The number of amides is 2. The van der Waals surface area contributed by atoms with Crippen molar-refractivity contribution in [1.29, 1.82) is 0 Å². The van der Waals surface area contributed by atoms with Crippen molar-refractivity contribution in [3.8, 4) is 0 Å². The number of aromatic nitrogens is 5. The van der Waals surface area contributed by atoms with Gasteiger partial charge in [0.15, 0.2) is 29.3 Å². The summed E-state index contributed by atoms with van der Waals surface area (Å²) in [5.74, 6) is -0.966. The number of benzene rings is 2. The zero-order valence-corrected chi connectivity index (χ0v) is 25.7. The van der Waals surface area contributed by atoms with Crippen molar-refractivity contribution >= 4 is 28.8 Å². The molecule has 2 amide bonds. The van der Waals surface area contributed by atoms with Gasteiger partial charge in [-0.2, -0.15) is 0 Å². The van der Waals surface area contributed by atoms with E-state index < -0.39 is 36.4 Å². The van der Waals surface area contributed by atoms with Crippen LogP contribution in [-0.4, -0.2) is 84.5 Å². The average molecular weight is 637 g/mol. The molecule has 1 saturated heterocycles. The van der Waals surface area contributed by atoms with Crippen LogP contribution in [0.4, 0.5) is 5.82 Å². The SMILES string of the molecule is CCNC(=O)[C@H]1O[C@@H](n2cnc3c(NCC(c4ccccc4)c4ccccc4)nc(C(=O)NCCc4ccccn4)nc32)[C@@H](O)[C@@H]1O. The number of likely N-dealkylation sites (N-methyl/N-ethyl adjacent to an activating group) is 1. The number of pyridine rings is 1. The van der Waals surface area contributed by atoms with E-state index in [2.05, 4.69) is 60.2 Å². The van der Waals surface area contributed by atoms with Crippen molar-refractivity contribution in [2.45, 2.75) is 43.8 Å². The lowest BCUT2D eigenvalue weighted by Crippen LogP contribution is -2.42. The Hall–Kier alpha value is -5.24. The maximum Gasteiger partial charge on any atom is 0.289 e. The third kappa shape index (κ3) is 6.97. The molecule has 0 bridgehead atoms. The third-order valence-corrected chi connectivity index (χ3v) is 8.02. The van der Waals surface area contributed by atoms with Crippen molar-refractivity contribution in [2.24, 2.45) is 0 Å². The Bertz CT molecular complexity index is 1770. The summed E-state index contributed by atoms with van der Waals surface area (Å²) >= 11 is 0. The Morgan fingerprint density at radius 3 is 2.26 bits per heavy atom. The predicted octanol–water partition coefficient (Wildman–Crippen LogP) is 2.19. The highest BCUT2D eigenvalue weighted by atomic mass is 16.6. The summed E-state index contributed by atoms with van der Waals surface area (Å²) in [5, 5.41) is 30.4. The van der Waals surface area contributed by atoms with Crippen LogP contribution in [0, 0.1) is 0 Å². The molecule has 2 aromatic carbocycles. The molecule has 1 aliphatic rings. The maximum absolute atomic E-state index is 13.4. The van der Waals surface area contributed by atoms with Gasteiger partial charge in [-0.3, -0.25) is 19.1 Å². The fraction of sp³-hybridized carbons (Fsp3) is 0.294. The summed E-state index contributed by atoms with van der Waals surface area (Å²) < 4.78 is 7.25. The highest BCUT2D eigenvalue weighted by Crippen LogP contribution is 2.33. The van der Waals surface area contributed by atoms with E-state index in [-0.39, 0.29) is 17.4 Å². The number of carbonyl (C=O) groups excluding carboxylic acids is 2. The van der Waals surface area contributed by atoms with Gasteiger partial charge in [0.05, 0.1) is 6.33 Å². The Balaban J connectivity index is 1.33. The lowest BCUT2D eigenvalue weighted by molar-refractivity contribution is -0.137. The fourth-order valence-corrected chi connectivity index (χ4v) is 5.64. The van der Waals surface area contributed by atoms with E-state index in [1.54, 1.807) is 13.1 Å². The minimum atomic E-state index is -1.49. The quantitative estimate of drug-likeness (QED) is 0.136.